The van der Waals surface area contributed by atoms with Gasteiger partial charge in [0.05, 0.1) is 10.2 Å². The number of fused-ring (bicyclic) bond motifs is 7. The smallest absolute Gasteiger partial charge is 0.0646 e. The first-order valence-corrected chi connectivity index (χ1v) is 10.7. The van der Waals surface area contributed by atoms with Crippen LogP contribution in [0.3, 0.4) is 0 Å². The fourth-order valence-electron chi connectivity index (χ4n) is 4.41. The predicted octanol–water partition coefficient (Wildman–Crippen LogP) is 8.39. The van der Waals surface area contributed by atoms with E-state index in [0.29, 0.717) is 0 Å². The molecule has 0 spiro atoms. The first-order valence-electron chi connectivity index (χ1n) is 9.91. The Morgan fingerprint density at radius 3 is 2.45 bits per heavy atom. The van der Waals surface area contributed by atoms with E-state index in [1.54, 1.807) is 0 Å². The third-order valence-corrected chi connectivity index (χ3v) is 6.89. The average Bonchev–Trinajstić information content (AvgIpc) is 3.33. The molecule has 0 aliphatic heterocycles. The van der Waals surface area contributed by atoms with Crippen molar-refractivity contribution in [2.75, 3.05) is 0 Å². The summed E-state index contributed by atoms with van der Waals surface area (Å²) >= 11 is 1.88. The van der Waals surface area contributed by atoms with Gasteiger partial charge in [-0.15, -0.1) is 11.3 Å². The van der Waals surface area contributed by atoms with Crippen LogP contribution >= 0.6 is 11.3 Å². The Hall–Kier alpha value is -3.36. The highest BCUT2D eigenvalue weighted by Gasteiger charge is 2.15. The molecule has 0 aliphatic carbocycles. The van der Waals surface area contributed by atoms with Gasteiger partial charge in [0, 0.05) is 31.8 Å². The monoisotopic (exact) mass is 389 g/mol. The molecule has 1 nitrogen and oxygen atoms in total. The predicted molar refractivity (Wildman–Crippen MR) is 129 cm³/mol. The van der Waals surface area contributed by atoms with Gasteiger partial charge in [-0.05, 0) is 41.8 Å². The Bertz CT molecular complexity index is 1550. The van der Waals surface area contributed by atoms with Gasteiger partial charge in [0.2, 0.25) is 0 Å². The lowest BCUT2D eigenvalue weighted by molar-refractivity contribution is 1.56. The van der Waals surface area contributed by atoms with Crippen LogP contribution in [0.4, 0.5) is 0 Å². The summed E-state index contributed by atoms with van der Waals surface area (Å²) in [4.78, 5) is 3.75. The van der Waals surface area contributed by atoms with Gasteiger partial charge in [0.1, 0.15) is 0 Å². The molecule has 0 atom stereocenters. The molecule has 4 aromatic carbocycles. The largest absolute Gasteiger partial charge is 0.353 e. The Balaban J connectivity index is 1.73. The molecule has 2 heteroatoms. The molecule has 0 fully saturated rings. The number of thiophene rings is 1. The first kappa shape index (κ1) is 16.6. The molecule has 6 rings (SSSR count). The molecule has 0 aliphatic rings. The maximum atomic E-state index is 3.75. The Morgan fingerprint density at radius 1 is 0.759 bits per heavy atom. The molecule has 0 unspecified atom stereocenters. The van der Waals surface area contributed by atoms with Crippen molar-refractivity contribution in [3.63, 3.8) is 0 Å². The van der Waals surface area contributed by atoms with E-state index in [-0.39, 0.29) is 0 Å². The summed E-state index contributed by atoms with van der Waals surface area (Å²) in [5.74, 6) is 0. The minimum Gasteiger partial charge on any atom is -0.353 e. The summed E-state index contributed by atoms with van der Waals surface area (Å²) in [7, 11) is 0. The number of rotatable bonds is 2. The second-order valence-corrected chi connectivity index (χ2v) is 8.49. The molecule has 0 saturated carbocycles. The van der Waals surface area contributed by atoms with Crippen molar-refractivity contribution >= 4 is 59.4 Å². The van der Waals surface area contributed by atoms with Gasteiger partial charge in [-0.25, -0.2) is 0 Å². The number of nitrogens with one attached hydrogen (secondary N) is 1. The number of hydrogen-bond acceptors (Lipinski definition) is 1. The van der Waals surface area contributed by atoms with E-state index in [1.165, 1.54) is 58.7 Å². The molecular weight excluding hydrogens is 370 g/mol. The Kier molecular flexibility index (Phi) is 3.62. The first-order chi connectivity index (χ1) is 14.3. The van der Waals surface area contributed by atoms with Crippen LogP contribution in [0.5, 0.6) is 0 Å². The number of H-pyrrole nitrogens is 1. The van der Waals surface area contributed by atoms with E-state index in [2.05, 4.69) is 103 Å². The number of benzene rings is 4. The van der Waals surface area contributed by atoms with Crippen LogP contribution in [0.15, 0.2) is 84.9 Å². The molecule has 1 N–H and O–H groups in total. The van der Waals surface area contributed by atoms with Gasteiger partial charge in [-0.3, -0.25) is 0 Å². The quantitative estimate of drug-likeness (QED) is 0.306. The summed E-state index contributed by atoms with van der Waals surface area (Å²) in [6.45, 7) is 2.09. The van der Waals surface area contributed by atoms with Gasteiger partial charge in [0.25, 0.3) is 0 Å². The zero-order valence-corrected chi connectivity index (χ0v) is 16.9. The van der Waals surface area contributed by atoms with Gasteiger partial charge in [-0.1, -0.05) is 72.8 Å². The Labute approximate surface area is 172 Å². The summed E-state index contributed by atoms with van der Waals surface area (Å²) in [6.07, 6.45) is 4.37. The van der Waals surface area contributed by atoms with Crippen LogP contribution < -0.4 is 0 Å². The standard InChI is InChI=1S/C27H19NS/c1-2-8-19-15-22-20-14-13-18(17-9-4-3-5-10-17)16-23(20)28-26(22)27-25(19)21-11-6-7-12-24(21)29-27/h2-16,28H,1H3/b8-2+. The molecule has 0 saturated heterocycles. The van der Waals surface area contributed by atoms with E-state index in [1.807, 2.05) is 11.3 Å². The molecule has 138 valence electrons. The van der Waals surface area contributed by atoms with Crippen LogP contribution in [0, 0.1) is 0 Å². The lowest BCUT2D eigenvalue weighted by Gasteiger charge is -2.02. The maximum absolute atomic E-state index is 3.75. The van der Waals surface area contributed by atoms with E-state index in [4.69, 9.17) is 0 Å². The average molecular weight is 390 g/mol. The van der Waals surface area contributed by atoms with Crippen molar-refractivity contribution in [1.29, 1.82) is 0 Å². The fraction of sp³-hybridized carbons (Fsp3) is 0.0370. The fourth-order valence-corrected chi connectivity index (χ4v) is 5.64. The minimum atomic E-state index is 1.19. The van der Waals surface area contributed by atoms with E-state index in [0.717, 1.165) is 0 Å². The number of aromatic nitrogens is 1. The second-order valence-electron chi connectivity index (χ2n) is 7.44. The van der Waals surface area contributed by atoms with Gasteiger partial charge >= 0.3 is 0 Å². The van der Waals surface area contributed by atoms with Crippen LogP contribution in [-0.2, 0) is 0 Å². The molecule has 0 radical (unpaired) electrons. The van der Waals surface area contributed by atoms with E-state index in [9.17, 15) is 0 Å². The molecule has 0 bridgehead atoms. The normalized spacial score (nSPS) is 12.2. The number of aromatic amines is 1. The van der Waals surface area contributed by atoms with Crippen LogP contribution in [0.25, 0.3) is 59.2 Å². The van der Waals surface area contributed by atoms with Crippen molar-refractivity contribution < 1.29 is 0 Å². The van der Waals surface area contributed by atoms with Gasteiger partial charge < -0.3 is 4.98 Å². The minimum absolute atomic E-state index is 1.19. The zero-order valence-electron chi connectivity index (χ0n) is 16.1. The highest BCUT2D eigenvalue weighted by atomic mass is 32.1. The van der Waals surface area contributed by atoms with Crippen molar-refractivity contribution in [1.82, 2.24) is 4.98 Å². The SMILES string of the molecule is C/C=C/c1cc2c3ccc(-c4ccccc4)cc3[nH]c2c2sc3ccccc3c12. The third-order valence-electron chi connectivity index (χ3n) is 5.70. The summed E-state index contributed by atoms with van der Waals surface area (Å²) in [5, 5.41) is 5.27. The van der Waals surface area contributed by atoms with Crippen LogP contribution in [0.1, 0.15) is 12.5 Å². The number of hydrogen-bond donors (Lipinski definition) is 1. The summed E-state index contributed by atoms with van der Waals surface area (Å²) in [6, 6.07) is 28.4. The molecule has 29 heavy (non-hydrogen) atoms. The highest BCUT2D eigenvalue weighted by molar-refractivity contribution is 7.26. The van der Waals surface area contributed by atoms with Gasteiger partial charge in [-0.2, -0.15) is 0 Å². The number of allylic oxidation sites excluding steroid dienone is 1. The molecule has 6 aromatic rings. The lowest BCUT2D eigenvalue weighted by atomic mass is 10.0. The molecule has 2 aromatic heterocycles. The van der Waals surface area contributed by atoms with Crippen molar-refractivity contribution in [3.8, 4) is 11.1 Å². The van der Waals surface area contributed by atoms with E-state index < -0.39 is 0 Å². The van der Waals surface area contributed by atoms with Gasteiger partial charge in [0.15, 0.2) is 0 Å². The van der Waals surface area contributed by atoms with Crippen LogP contribution in [-0.4, -0.2) is 4.98 Å². The van der Waals surface area contributed by atoms with Crippen molar-refractivity contribution in [2.24, 2.45) is 0 Å². The highest BCUT2D eigenvalue weighted by Crippen LogP contribution is 2.43. The molecule has 0 amide bonds. The summed E-state index contributed by atoms with van der Waals surface area (Å²) < 4.78 is 2.68. The second kappa shape index (κ2) is 6.33. The zero-order chi connectivity index (χ0) is 19.4. The maximum Gasteiger partial charge on any atom is 0.0646 e. The van der Waals surface area contributed by atoms with Crippen molar-refractivity contribution in [3.05, 3.63) is 90.5 Å². The third kappa shape index (κ3) is 2.46. The Morgan fingerprint density at radius 2 is 1.59 bits per heavy atom. The summed E-state index contributed by atoms with van der Waals surface area (Å²) in [5.41, 5.74) is 6.22. The molecule has 2 heterocycles. The lowest BCUT2D eigenvalue weighted by Crippen LogP contribution is -1.78. The topological polar surface area (TPSA) is 15.8 Å². The molecular formula is C27H19NS. The van der Waals surface area contributed by atoms with Crippen LogP contribution in [0.2, 0.25) is 0 Å². The van der Waals surface area contributed by atoms with E-state index >= 15 is 0 Å². The van der Waals surface area contributed by atoms with Crippen molar-refractivity contribution in [2.45, 2.75) is 6.92 Å².